The molecular weight excluding hydrogens is 651 g/mol. The van der Waals surface area contributed by atoms with Crippen molar-refractivity contribution < 1.29 is 0 Å². The van der Waals surface area contributed by atoms with Crippen molar-refractivity contribution in [2.45, 2.75) is 19.3 Å². The van der Waals surface area contributed by atoms with Gasteiger partial charge >= 0.3 is 0 Å². The zero-order valence-electron chi connectivity index (χ0n) is 30.5. The van der Waals surface area contributed by atoms with E-state index in [9.17, 15) is 0 Å². The summed E-state index contributed by atoms with van der Waals surface area (Å²) in [6.07, 6.45) is 0. The highest BCUT2D eigenvalue weighted by Crippen LogP contribution is 2.53. The molecule has 0 spiro atoms. The molecule has 0 bridgehead atoms. The summed E-state index contributed by atoms with van der Waals surface area (Å²) in [6.45, 7) is 4.71. The van der Waals surface area contributed by atoms with E-state index in [4.69, 9.17) is 0 Å². The highest BCUT2D eigenvalue weighted by atomic mass is 15.1. The first-order valence-electron chi connectivity index (χ1n) is 18.8. The van der Waals surface area contributed by atoms with Gasteiger partial charge in [-0.05, 0) is 108 Å². The summed E-state index contributed by atoms with van der Waals surface area (Å²) in [6, 6.07) is 73.4. The summed E-state index contributed by atoms with van der Waals surface area (Å²) in [5.41, 5.74) is 16.1. The molecular formula is C53H39N. The van der Waals surface area contributed by atoms with Gasteiger partial charge in [-0.15, -0.1) is 0 Å². The first kappa shape index (κ1) is 32.0. The van der Waals surface area contributed by atoms with E-state index in [1.165, 1.54) is 77.2 Å². The minimum absolute atomic E-state index is 0.0710. The summed E-state index contributed by atoms with van der Waals surface area (Å²) in [5.74, 6) is 0. The molecule has 1 heteroatoms. The first-order valence-corrected chi connectivity index (χ1v) is 18.8. The molecule has 0 saturated carbocycles. The largest absolute Gasteiger partial charge is 0.310 e. The maximum Gasteiger partial charge on any atom is 0.0540 e. The molecule has 0 amide bonds. The molecule has 1 aliphatic carbocycles. The molecule has 0 aliphatic heterocycles. The van der Waals surface area contributed by atoms with Gasteiger partial charge in [0.05, 0.1) is 5.69 Å². The van der Waals surface area contributed by atoms with E-state index < -0.39 is 0 Å². The second kappa shape index (κ2) is 12.8. The van der Waals surface area contributed by atoms with Crippen LogP contribution in [0.15, 0.2) is 200 Å². The van der Waals surface area contributed by atoms with Crippen LogP contribution in [0.25, 0.3) is 66.1 Å². The summed E-state index contributed by atoms with van der Waals surface area (Å²) in [4.78, 5) is 2.43. The van der Waals surface area contributed by atoms with Gasteiger partial charge in [-0.1, -0.05) is 178 Å². The van der Waals surface area contributed by atoms with Crippen LogP contribution in [-0.4, -0.2) is 0 Å². The molecule has 0 fully saturated rings. The van der Waals surface area contributed by atoms with Crippen molar-refractivity contribution >= 4 is 38.6 Å². The van der Waals surface area contributed by atoms with Crippen LogP contribution in [0.3, 0.4) is 0 Å². The minimum atomic E-state index is -0.0710. The van der Waals surface area contributed by atoms with Crippen LogP contribution in [0.1, 0.15) is 25.0 Å². The normalized spacial score (nSPS) is 12.8. The molecule has 10 rings (SSSR count). The third-order valence-corrected chi connectivity index (χ3v) is 11.5. The number of hydrogen-bond acceptors (Lipinski definition) is 1. The number of anilines is 3. The van der Waals surface area contributed by atoms with Crippen LogP contribution >= 0.6 is 0 Å². The maximum absolute atomic E-state index is 2.43. The molecule has 9 aromatic rings. The fourth-order valence-electron chi connectivity index (χ4n) is 8.65. The van der Waals surface area contributed by atoms with Crippen LogP contribution < -0.4 is 4.90 Å². The van der Waals surface area contributed by atoms with Gasteiger partial charge in [0, 0.05) is 22.4 Å². The molecule has 54 heavy (non-hydrogen) atoms. The van der Waals surface area contributed by atoms with Gasteiger partial charge in [-0.3, -0.25) is 0 Å². The smallest absolute Gasteiger partial charge is 0.0540 e. The van der Waals surface area contributed by atoms with Crippen molar-refractivity contribution in [3.8, 4) is 44.5 Å². The Morgan fingerprint density at radius 3 is 1.54 bits per heavy atom. The van der Waals surface area contributed by atoms with E-state index in [-0.39, 0.29) is 5.41 Å². The average molecular weight is 690 g/mol. The second-order valence-electron chi connectivity index (χ2n) is 15.0. The SMILES string of the molecule is CC1(C)c2ccccc2-c2c(-c3ccccc3N(c3ccc(-c4ccc(-c5ccc6ccccc6c5)cc4)cc3)c3ccc4ccccc4c3)cccc21. The fourth-order valence-corrected chi connectivity index (χ4v) is 8.65. The Hall–Kier alpha value is -6.70. The van der Waals surface area contributed by atoms with Gasteiger partial charge in [-0.25, -0.2) is 0 Å². The molecule has 0 unspecified atom stereocenters. The molecule has 0 radical (unpaired) electrons. The van der Waals surface area contributed by atoms with Crippen molar-refractivity contribution in [2.24, 2.45) is 0 Å². The number of benzene rings is 9. The zero-order chi connectivity index (χ0) is 36.2. The summed E-state index contributed by atoms with van der Waals surface area (Å²) in [7, 11) is 0. The second-order valence-corrected chi connectivity index (χ2v) is 15.0. The maximum atomic E-state index is 2.43. The van der Waals surface area contributed by atoms with Crippen molar-refractivity contribution in [3.05, 3.63) is 211 Å². The first-order chi connectivity index (χ1) is 26.5. The van der Waals surface area contributed by atoms with Crippen molar-refractivity contribution in [3.63, 3.8) is 0 Å². The zero-order valence-corrected chi connectivity index (χ0v) is 30.5. The molecule has 9 aromatic carbocycles. The van der Waals surface area contributed by atoms with Gasteiger partial charge in [0.15, 0.2) is 0 Å². The average Bonchev–Trinajstić information content (AvgIpc) is 3.47. The number of nitrogens with zero attached hydrogens (tertiary/aromatic N) is 1. The molecule has 1 aliphatic rings. The Labute approximate surface area is 317 Å². The minimum Gasteiger partial charge on any atom is -0.310 e. The third-order valence-electron chi connectivity index (χ3n) is 11.5. The quantitative estimate of drug-likeness (QED) is 0.168. The Bertz CT molecular complexity index is 2840. The van der Waals surface area contributed by atoms with Crippen LogP contribution in [0.2, 0.25) is 0 Å². The van der Waals surface area contributed by atoms with Crippen molar-refractivity contribution in [2.75, 3.05) is 4.90 Å². The topological polar surface area (TPSA) is 3.24 Å². The molecule has 0 heterocycles. The van der Waals surface area contributed by atoms with Crippen molar-refractivity contribution in [1.29, 1.82) is 0 Å². The van der Waals surface area contributed by atoms with Crippen LogP contribution in [0.5, 0.6) is 0 Å². The third kappa shape index (κ3) is 5.32. The lowest BCUT2D eigenvalue weighted by Gasteiger charge is -2.29. The standard InChI is InChI=1S/C53H39N/c1-53(2)49-19-9-7-17-48(49)52-47(18-11-20-50(52)53)46-16-8-10-21-51(46)54(45-33-30-37-13-4-6-15-42(37)35-45)44-31-28-39(29-32-44)38-22-24-40(25-23-38)43-27-26-36-12-3-5-14-41(36)34-43/h3-35H,1-2H3. The summed E-state index contributed by atoms with van der Waals surface area (Å²) in [5, 5.41) is 4.98. The van der Waals surface area contributed by atoms with E-state index >= 15 is 0 Å². The number of hydrogen-bond donors (Lipinski definition) is 0. The Morgan fingerprint density at radius 2 is 0.815 bits per heavy atom. The highest BCUT2D eigenvalue weighted by Gasteiger charge is 2.37. The van der Waals surface area contributed by atoms with E-state index in [0.717, 1.165) is 17.1 Å². The van der Waals surface area contributed by atoms with Gasteiger partial charge < -0.3 is 4.90 Å². The molecule has 0 N–H and O–H groups in total. The van der Waals surface area contributed by atoms with Gasteiger partial charge in [0.1, 0.15) is 0 Å². The van der Waals surface area contributed by atoms with Crippen LogP contribution in [0.4, 0.5) is 17.1 Å². The van der Waals surface area contributed by atoms with Gasteiger partial charge in [0.2, 0.25) is 0 Å². The molecule has 1 nitrogen and oxygen atoms in total. The number of rotatable bonds is 6. The molecule has 0 atom stereocenters. The Kier molecular flexibility index (Phi) is 7.56. The fraction of sp³-hybridized carbons (Fsp3) is 0.0566. The van der Waals surface area contributed by atoms with E-state index in [2.05, 4.69) is 219 Å². The predicted octanol–water partition coefficient (Wildman–Crippen LogP) is 14.8. The van der Waals surface area contributed by atoms with Crippen molar-refractivity contribution in [1.82, 2.24) is 0 Å². The van der Waals surface area contributed by atoms with Gasteiger partial charge in [-0.2, -0.15) is 0 Å². The van der Waals surface area contributed by atoms with Gasteiger partial charge in [0.25, 0.3) is 0 Å². The monoisotopic (exact) mass is 689 g/mol. The number of fused-ring (bicyclic) bond motifs is 5. The lowest BCUT2D eigenvalue weighted by molar-refractivity contribution is 0.660. The highest BCUT2D eigenvalue weighted by molar-refractivity contribution is 5.99. The van der Waals surface area contributed by atoms with Crippen LogP contribution in [0, 0.1) is 0 Å². The lowest BCUT2D eigenvalue weighted by atomic mass is 9.82. The predicted molar refractivity (Wildman–Crippen MR) is 230 cm³/mol. The molecule has 256 valence electrons. The van der Waals surface area contributed by atoms with E-state index in [1.54, 1.807) is 0 Å². The molecule has 0 saturated heterocycles. The number of para-hydroxylation sites is 1. The van der Waals surface area contributed by atoms with E-state index in [1.807, 2.05) is 0 Å². The Balaban J connectivity index is 1.08. The lowest BCUT2D eigenvalue weighted by Crippen LogP contribution is -2.14. The molecule has 0 aromatic heterocycles. The van der Waals surface area contributed by atoms with Crippen LogP contribution in [-0.2, 0) is 5.41 Å². The Morgan fingerprint density at radius 1 is 0.333 bits per heavy atom. The van der Waals surface area contributed by atoms with E-state index in [0.29, 0.717) is 0 Å². The summed E-state index contributed by atoms with van der Waals surface area (Å²) >= 11 is 0. The summed E-state index contributed by atoms with van der Waals surface area (Å²) < 4.78 is 0.